The zero-order valence-corrected chi connectivity index (χ0v) is 7.58. The van der Waals surface area contributed by atoms with Crippen molar-refractivity contribution in [1.29, 1.82) is 0 Å². The third-order valence-electron chi connectivity index (χ3n) is 2.33. The van der Waals surface area contributed by atoms with E-state index in [4.69, 9.17) is 4.74 Å². The highest BCUT2D eigenvalue weighted by Gasteiger charge is 2.21. The van der Waals surface area contributed by atoms with Gasteiger partial charge in [-0.3, -0.25) is 4.79 Å². The van der Waals surface area contributed by atoms with Crippen molar-refractivity contribution in [2.75, 3.05) is 0 Å². The number of hydrogen-bond acceptors (Lipinski definition) is 2. The van der Waals surface area contributed by atoms with Gasteiger partial charge in [0.1, 0.15) is 6.10 Å². The Morgan fingerprint density at radius 3 is 2.92 bits per heavy atom. The summed E-state index contributed by atoms with van der Waals surface area (Å²) in [4.78, 5) is 10.7. The van der Waals surface area contributed by atoms with Gasteiger partial charge in [0, 0.05) is 6.92 Å². The average molecular weight is 168 g/mol. The summed E-state index contributed by atoms with van der Waals surface area (Å²) in [5.41, 5.74) is 0. The molecule has 2 nitrogen and oxygen atoms in total. The van der Waals surface area contributed by atoms with Gasteiger partial charge < -0.3 is 4.74 Å². The largest absolute Gasteiger partial charge is 0.463 e. The molecule has 2 atom stereocenters. The van der Waals surface area contributed by atoms with Crippen molar-refractivity contribution in [2.45, 2.75) is 38.7 Å². The van der Waals surface area contributed by atoms with Crippen molar-refractivity contribution in [3.8, 4) is 0 Å². The molecule has 68 valence electrons. The molecule has 0 aromatic rings. The maximum Gasteiger partial charge on any atom is 0.302 e. The summed E-state index contributed by atoms with van der Waals surface area (Å²) in [6.07, 6.45) is 6.43. The molecule has 0 heterocycles. The first-order valence-electron chi connectivity index (χ1n) is 4.52. The van der Waals surface area contributed by atoms with Crippen LogP contribution >= 0.6 is 0 Å². The lowest BCUT2D eigenvalue weighted by Crippen LogP contribution is -2.23. The summed E-state index contributed by atoms with van der Waals surface area (Å²) in [5, 5.41) is 0. The zero-order valence-electron chi connectivity index (χ0n) is 7.58. The summed E-state index contributed by atoms with van der Waals surface area (Å²) in [6, 6.07) is 0. The summed E-state index contributed by atoms with van der Waals surface area (Å²) >= 11 is 0. The van der Waals surface area contributed by atoms with Crippen molar-refractivity contribution in [3.63, 3.8) is 0 Å². The Morgan fingerprint density at radius 2 is 2.33 bits per heavy atom. The minimum absolute atomic E-state index is 0.138. The molecule has 1 aliphatic rings. The topological polar surface area (TPSA) is 26.3 Å². The first kappa shape index (κ1) is 9.30. The predicted octanol–water partition coefficient (Wildman–Crippen LogP) is 2.29. The van der Waals surface area contributed by atoms with Gasteiger partial charge >= 0.3 is 5.97 Å². The Hall–Kier alpha value is -0.790. The Bertz CT molecular complexity index is 175. The van der Waals surface area contributed by atoms with Gasteiger partial charge in [-0.15, -0.1) is 6.58 Å². The average Bonchev–Trinajstić information content (AvgIpc) is 2.03. The van der Waals surface area contributed by atoms with Crippen molar-refractivity contribution in [3.05, 3.63) is 12.7 Å². The van der Waals surface area contributed by atoms with Gasteiger partial charge in [0.05, 0.1) is 0 Å². The van der Waals surface area contributed by atoms with Gasteiger partial charge in [0.15, 0.2) is 0 Å². The minimum atomic E-state index is -0.162. The standard InChI is InChI=1S/C10H16O2/c1-3-9-5-4-6-10(7-9)12-8(2)11/h3,9-10H,1,4-7H2,2H3/t9-,10-/m1/s1. The van der Waals surface area contributed by atoms with E-state index in [2.05, 4.69) is 6.58 Å². The second-order valence-electron chi connectivity index (χ2n) is 3.39. The number of rotatable bonds is 2. The molecule has 0 unspecified atom stereocenters. The fourth-order valence-corrected chi connectivity index (χ4v) is 1.74. The molecule has 0 saturated heterocycles. The first-order chi connectivity index (χ1) is 5.72. The molecular formula is C10H16O2. The molecule has 1 saturated carbocycles. The van der Waals surface area contributed by atoms with Crippen molar-refractivity contribution >= 4 is 5.97 Å². The molecule has 0 aromatic carbocycles. The van der Waals surface area contributed by atoms with Crippen LogP contribution in [0.15, 0.2) is 12.7 Å². The smallest absolute Gasteiger partial charge is 0.302 e. The van der Waals surface area contributed by atoms with Crippen LogP contribution in [0.5, 0.6) is 0 Å². The van der Waals surface area contributed by atoms with E-state index in [9.17, 15) is 4.79 Å². The summed E-state index contributed by atoms with van der Waals surface area (Å²) in [6.45, 7) is 5.23. The molecule has 0 amide bonds. The van der Waals surface area contributed by atoms with Gasteiger partial charge in [-0.2, -0.15) is 0 Å². The predicted molar refractivity (Wildman–Crippen MR) is 47.7 cm³/mol. The second kappa shape index (κ2) is 4.29. The number of hydrogen-bond donors (Lipinski definition) is 0. The van der Waals surface area contributed by atoms with Gasteiger partial charge in [0.25, 0.3) is 0 Å². The second-order valence-corrected chi connectivity index (χ2v) is 3.39. The van der Waals surface area contributed by atoms with Crippen LogP contribution in [0.4, 0.5) is 0 Å². The van der Waals surface area contributed by atoms with Crippen molar-refractivity contribution < 1.29 is 9.53 Å². The third-order valence-corrected chi connectivity index (χ3v) is 2.33. The molecule has 0 aromatic heterocycles. The number of allylic oxidation sites excluding steroid dienone is 1. The van der Waals surface area contributed by atoms with Gasteiger partial charge in [-0.1, -0.05) is 6.08 Å². The Balaban J connectivity index is 2.35. The highest BCUT2D eigenvalue weighted by Crippen LogP contribution is 2.26. The molecule has 12 heavy (non-hydrogen) atoms. The van der Waals surface area contributed by atoms with Crippen LogP contribution in [-0.2, 0) is 9.53 Å². The van der Waals surface area contributed by atoms with Crippen LogP contribution in [0, 0.1) is 5.92 Å². The number of ether oxygens (including phenoxy) is 1. The fourth-order valence-electron chi connectivity index (χ4n) is 1.74. The lowest BCUT2D eigenvalue weighted by Gasteiger charge is -2.26. The van der Waals surface area contributed by atoms with E-state index in [-0.39, 0.29) is 12.1 Å². The van der Waals surface area contributed by atoms with Crippen LogP contribution in [0.25, 0.3) is 0 Å². The summed E-state index contributed by atoms with van der Waals surface area (Å²) in [7, 11) is 0. The normalized spacial score (nSPS) is 29.4. The monoisotopic (exact) mass is 168 g/mol. The van der Waals surface area contributed by atoms with Crippen LogP contribution in [0.1, 0.15) is 32.6 Å². The van der Waals surface area contributed by atoms with Crippen LogP contribution in [0.3, 0.4) is 0 Å². The number of carbonyl (C=O) groups is 1. The van der Waals surface area contributed by atoms with E-state index < -0.39 is 0 Å². The van der Waals surface area contributed by atoms with E-state index in [1.165, 1.54) is 13.3 Å². The molecule has 0 spiro atoms. The molecule has 0 bridgehead atoms. The van der Waals surface area contributed by atoms with Gasteiger partial charge in [-0.25, -0.2) is 0 Å². The van der Waals surface area contributed by atoms with Crippen LogP contribution in [0.2, 0.25) is 0 Å². The van der Waals surface area contributed by atoms with Crippen LogP contribution < -0.4 is 0 Å². The maximum atomic E-state index is 10.7. The Labute approximate surface area is 73.6 Å². The summed E-state index contributed by atoms with van der Waals surface area (Å²) in [5.74, 6) is 0.382. The molecule has 0 aliphatic heterocycles. The van der Waals surface area contributed by atoms with E-state index in [0.717, 1.165) is 19.3 Å². The minimum Gasteiger partial charge on any atom is -0.463 e. The third kappa shape index (κ3) is 2.68. The Kier molecular flexibility index (Phi) is 3.32. The summed E-state index contributed by atoms with van der Waals surface area (Å²) < 4.78 is 5.14. The van der Waals surface area contributed by atoms with Crippen molar-refractivity contribution in [2.24, 2.45) is 5.92 Å². The lowest BCUT2D eigenvalue weighted by atomic mass is 9.87. The maximum absolute atomic E-state index is 10.7. The fraction of sp³-hybridized carbons (Fsp3) is 0.700. The van der Waals surface area contributed by atoms with E-state index in [0.29, 0.717) is 5.92 Å². The van der Waals surface area contributed by atoms with Gasteiger partial charge in [-0.05, 0) is 31.6 Å². The number of esters is 1. The van der Waals surface area contributed by atoms with Crippen LogP contribution in [-0.4, -0.2) is 12.1 Å². The molecule has 1 fully saturated rings. The highest BCUT2D eigenvalue weighted by atomic mass is 16.5. The van der Waals surface area contributed by atoms with Crippen molar-refractivity contribution in [1.82, 2.24) is 0 Å². The molecule has 1 rings (SSSR count). The van der Waals surface area contributed by atoms with E-state index in [1.54, 1.807) is 0 Å². The lowest BCUT2D eigenvalue weighted by molar-refractivity contribution is -0.148. The molecular weight excluding hydrogens is 152 g/mol. The molecule has 0 N–H and O–H groups in total. The first-order valence-corrected chi connectivity index (χ1v) is 4.52. The molecule has 1 aliphatic carbocycles. The number of carbonyl (C=O) groups excluding carboxylic acids is 1. The zero-order chi connectivity index (χ0) is 8.97. The van der Waals surface area contributed by atoms with E-state index >= 15 is 0 Å². The highest BCUT2D eigenvalue weighted by molar-refractivity contribution is 5.66. The SMILES string of the molecule is C=C[C@@H]1CCC[C@@H](OC(C)=O)C1. The van der Waals surface area contributed by atoms with E-state index in [1.807, 2.05) is 6.08 Å². The quantitative estimate of drug-likeness (QED) is 0.467. The molecule has 2 heteroatoms. The molecule has 0 radical (unpaired) electrons. The Morgan fingerprint density at radius 1 is 1.58 bits per heavy atom. The van der Waals surface area contributed by atoms with Gasteiger partial charge in [0.2, 0.25) is 0 Å².